The molecule has 1 saturated heterocycles. The summed E-state index contributed by atoms with van der Waals surface area (Å²) in [6.07, 6.45) is 1.86. The van der Waals surface area contributed by atoms with Crippen LogP contribution in [-0.2, 0) is 11.3 Å². The van der Waals surface area contributed by atoms with Crippen molar-refractivity contribution < 1.29 is 9.53 Å². The highest BCUT2D eigenvalue weighted by atomic mass is 35.5. The summed E-state index contributed by atoms with van der Waals surface area (Å²) in [7, 11) is 1.38. The number of halogens is 1. The first-order chi connectivity index (χ1) is 11.2. The molecule has 23 heavy (non-hydrogen) atoms. The van der Waals surface area contributed by atoms with Crippen molar-refractivity contribution in [1.82, 2.24) is 15.2 Å². The molecule has 0 aliphatic carbocycles. The third-order valence-corrected chi connectivity index (χ3v) is 4.36. The van der Waals surface area contributed by atoms with Crippen LogP contribution >= 0.6 is 11.6 Å². The van der Waals surface area contributed by atoms with Gasteiger partial charge in [0.2, 0.25) is 0 Å². The predicted octanol–water partition coefficient (Wildman–Crippen LogP) is 2.60. The van der Waals surface area contributed by atoms with E-state index in [2.05, 4.69) is 21.3 Å². The van der Waals surface area contributed by atoms with Gasteiger partial charge in [-0.15, -0.1) is 0 Å². The first kappa shape index (κ1) is 16.1. The van der Waals surface area contributed by atoms with Crippen LogP contribution in [-0.4, -0.2) is 42.6 Å². The molecule has 2 aromatic rings. The highest BCUT2D eigenvalue weighted by Gasteiger charge is 2.24. The van der Waals surface area contributed by atoms with Crippen molar-refractivity contribution in [3.05, 3.63) is 58.4 Å². The number of esters is 1. The van der Waals surface area contributed by atoms with Gasteiger partial charge in [-0.3, -0.25) is 4.90 Å². The zero-order valence-corrected chi connectivity index (χ0v) is 13.8. The zero-order chi connectivity index (χ0) is 16.2. The molecular formula is C17H20ClN3O2. The number of H-pyrrole nitrogens is 1. The summed E-state index contributed by atoms with van der Waals surface area (Å²) in [6, 6.07) is 10.1. The van der Waals surface area contributed by atoms with Crippen LogP contribution in [0.5, 0.6) is 0 Å². The minimum absolute atomic E-state index is 0.263. The number of hydrogen-bond donors (Lipinski definition) is 2. The second-order valence-corrected chi connectivity index (χ2v) is 6.10. The second kappa shape index (κ2) is 7.17. The average molecular weight is 334 g/mol. The highest BCUT2D eigenvalue weighted by Crippen LogP contribution is 2.26. The Kier molecular flexibility index (Phi) is 5.00. The summed E-state index contributed by atoms with van der Waals surface area (Å²) >= 11 is 6.13. The molecule has 1 atom stereocenters. The summed E-state index contributed by atoms with van der Waals surface area (Å²) in [4.78, 5) is 16.9. The van der Waals surface area contributed by atoms with E-state index >= 15 is 0 Å². The van der Waals surface area contributed by atoms with Gasteiger partial charge in [0.15, 0.2) is 0 Å². The number of nitrogens with one attached hydrogen (secondary N) is 2. The lowest BCUT2D eigenvalue weighted by Gasteiger charge is -2.36. The van der Waals surface area contributed by atoms with Crippen molar-refractivity contribution >= 4 is 17.6 Å². The number of methoxy groups -OCH3 is 1. The molecule has 3 rings (SSSR count). The zero-order valence-electron chi connectivity index (χ0n) is 13.0. The van der Waals surface area contributed by atoms with Gasteiger partial charge in [0.25, 0.3) is 0 Å². The molecule has 2 N–H and O–H groups in total. The molecular weight excluding hydrogens is 314 g/mol. The molecule has 6 heteroatoms. The van der Waals surface area contributed by atoms with Crippen molar-refractivity contribution in [2.24, 2.45) is 0 Å². The van der Waals surface area contributed by atoms with Gasteiger partial charge in [-0.25, -0.2) is 4.79 Å². The normalized spacial score (nSPS) is 18.8. The molecule has 122 valence electrons. The maximum absolute atomic E-state index is 11.6. The van der Waals surface area contributed by atoms with Crippen LogP contribution in [0.3, 0.4) is 0 Å². The van der Waals surface area contributed by atoms with Crippen molar-refractivity contribution in [2.75, 3.05) is 26.7 Å². The Balaban J connectivity index is 1.76. The first-order valence-electron chi connectivity index (χ1n) is 7.63. The van der Waals surface area contributed by atoms with E-state index in [1.54, 1.807) is 0 Å². The highest BCUT2D eigenvalue weighted by molar-refractivity contribution is 6.30. The van der Waals surface area contributed by atoms with Gasteiger partial charge < -0.3 is 15.0 Å². The van der Waals surface area contributed by atoms with E-state index in [0.29, 0.717) is 5.69 Å². The maximum atomic E-state index is 11.6. The molecule has 1 aromatic heterocycles. The Morgan fingerprint density at radius 2 is 2.30 bits per heavy atom. The monoisotopic (exact) mass is 333 g/mol. The van der Waals surface area contributed by atoms with E-state index in [1.807, 2.05) is 30.5 Å². The summed E-state index contributed by atoms with van der Waals surface area (Å²) in [5, 5.41) is 4.19. The smallest absolute Gasteiger partial charge is 0.354 e. The minimum atomic E-state index is -0.344. The Labute approximate surface area is 140 Å². The number of aromatic nitrogens is 1. The summed E-state index contributed by atoms with van der Waals surface area (Å²) in [5.74, 6) is -0.344. The van der Waals surface area contributed by atoms with E-state index in [1.165, 1.54) is 12.7 Å². The molecule has 5 nitrogen and oxygen atoms in total. The van der Waals surface area contributed by atoms with E-state index in [4.69, 9.17) is 16.3 Å². The van der Waals surface area contributed by atoms with Crippen LogP contribution < -0.4 is 5.32 Å². The van der Waals surface area contributed by atoms with Crippen LogP contribution in [0, 0.1) is 0 Å². The Hall–Kier alpha value is -1.82. The van der Waals surface area contributed by atoms with Crippen molar-refractivity contribution in [3.8, 4) is 0 Å². The fraction of sp³-hybridized carbons (Fsp3) is 0.353. The number of carbonyl (C=O) groups excluding carboxylic acids is 1. The molecule has 0 spiro atoms. The van der Waals surface area contributed by atoms with Gasteiger partial charge in [-0.1, -0.05) is 23.7 Å². The largest absolute Gasteiger partial charge is 0.464 e. The molecule has 1 aliphatic heterocycles. The number of nitrogens with zero attached hydrogens (tertiary/aromatic N) is 1. The fourth-order valence-corrected chi connectivity index (χ4v) is 3.17. The van der Waals surface area contributed by atoms with Crippen LogP contribution in [0.15, 0.2) is 36.5 Å². The minimum Gasteiger partial charge on any atom is -0.464 e. The molecule has 2 heterocycles. The number of benzene rings is 1. The van der Waals surface area contributed by atoms with Gasteiger partial charge in [-0.05, 0) is 29.3 Å². The molecule has 1 fully saturated rings. The number of piperazine rings is 1. The summed E-state index contributed by atoms with van der Waals surface area (Å²) in [6.45, 7) is 3.54. The lowest BCUT2D eigenvalue weighted by molar-refractivity contribution is 0.0594. The van der Waals surface area contributed by atoms with Gasteiger partial charge in [-0.2, -0.15) is 0 Å². The van der Waals surface area contributed by atoms with Crippen molar-refractivity contribution in [3.63, 3.8) is 0 Å². The lowest BCUT2D eigenvalue weighted by atomic mass is 10.0. The molecule has 0 bridgehead atoms. The van der Waals surface area contributed by atoms with E-state index in [-0.39, 0.29) is 12.0 Å². The first-order valence-corrected chi connectivity index (χ1v) is 8.01. The van der Waals surface area contributed by atoms with Crippen LogP contribution in [0.2, 0.25) is 5.02 Å². The van der Waals surface area contributed by atoms with Crippen molar-refractivity contribution in [2.45, 2.75) is 12.6 Å². The number of hydrogen-bond acceptors (Lipinski definition) is 4. The maximum Gasteiger partial charge on any atom is 0.354 e. The second-order valence-electron chi connectivity index (χ2n) is 5.66. The van der Waals surface area contributed by atoms with Crippen molar-refractivity contribution in [1.29, 1.82) is 0 Å². The van der Waals surface area contributed by atoms with Crippen LogP contribution in [0.1, 0.15) is 27.7 Å². The summed E-state index contributed by atoms with van der Waals surface area (Å²) in [5.41, 5.74) is 2.75. The Bertz CT molecular complexity index is 686. The Morgan fingerprint density at radius 3 is 3.09 bits per heavy atom. The topological polar surface area (TPSA) is 57.4 Å². The van der Waals surface area contributed by atoms with Crippen LogP contribution in [0.4, 0.5) is 0 Å². The van der Waals surface area contributed by atoms with Gasteiger partial charge in [0, 0.05) is 43.4 Å². The standard InChI is InChI=1S/C17H20ClN3O2/c1-23-17(22)15-7-12(9-20-15)11-21-6-5-19-10-16(21)13-3-2-4-14(18)8-13/h2-4,7-9,16,19-20H,5-6,10-11H2,1H3. The number of aromatic amines is 1. The van der Waals surface area contributed by atoms with Crippen LogP contribution in [0.25, 0.3) is 0 Å². The molecule has 0 amide bonds. The van der Waals surface area contributed by atoms with E-state index < -0.39 is 0 Å². The van der Waals surface area contributed by atoms with Gasteiger partial charge in [0.1, 0.15) is 5.69 Å². The Morgan fingerprint density at radius 1 is 1.43 bits per heavy atom. The molecule has 1 aromatic carbocycles. The molecule has 1 aliphatic rings. The van der Waals surface area contributed by atoms with Gasteiger partial charge >= 0.3 is 5.97 Å². The predicted molar refractivity (Wildman–Crippen MR) is 89.6 cm³/mol. The molecule has 1 unspecified atom stereocenters. The number of carbonyl (C=O) groups is 1. The fourth-order valence-electron chi connectivity index (χ4n) is 2.97. The van der Waals surface area contributed by atoms with E-state index in [0.717, 1.165) is 36.8 Å². The third-order valence-electron chi connectivity index (χ3n) is 4.12. The quantitative estimate of drug-likeness (QED) is 0.844. The third kappa shape index (κ3) is 3.75. The lowest BCUT2D eigenvalue weighted by Crippen LogP contribution is -2.45. The van der Waals surface area contributed by atoms with E-state index in [9.17, 15) is 4.79 Å². The van der Waals surface area contributed by atoms with Gasteiger partial charge in [0.05, 0.1) is 7.11 Å². The summed E-state index contributed by atoms with van der Waals surface area (Å²) < 4.78 is 4.73. The molecule has 0 radical (unpaired) electrons. The molecule has 0 saturated carbocycles. The SMILES string of the molecule is COC(=O)c1cc(CN2CCNCC2c2cccc(Cl)c2)c[nH]1. The number of rotatable bonds is 4. The number of ether oxygens (including phenoxy) is 1. The average Bonchev–Trinajstić information content (AvgIpc) is 3.03.